The van der Waals surface area contributed by atoms with E-state index in [2.05, 4.69) is 23.2 Å². The molecule has 0 spiro atoms. The number of aryl methyl sites for hydroxylation is 1. The van der Waals surface area contributed by atoms with Gasteiger partial charge in [-0.25, -0.2) is 4.98 Å². The lowest BCUT2D eigenvalue weighted by molar-refractivity contribution is 0.445. The summed E-state index contributed by atoms with van der Waals surface area (Å²) < 4.78 is 2.04. The third-order valence-corrected chi connectivity index (χ3v) is 4.04. The first-order valence-corrected chi connectivity index (χ1v) is 6.42. The van der Waals surface area contributed by atoms with E-state index >= 15 is 0 Å². The maximum absolute atomic E-state index is 6.36. The minimum atomic E-state index is 0.184. The van der Waals surface area contributed by atoms with Gasteiger partial charge >= 0.3 is 0 Å². The zero-order chi connectivity index (χ0) is 11.8. The molecule has 3 heteroatoms. The summed E-state index contributed by atoms with van der Waals surface area (Å²) >= 11 is 0. The van der Waals surface area contributed by atoms with Crippen molar-refractivity contribution in [1.29, 1.82) is 0 Å². The Kier molecular flexibility index (Phi) is 2.63. The van der Waals surface area contributed by atoms with Crippen molar-refractivity contribution in [3.05, 3.63) is 30.1 Å². The number of rotatable bonds is 2. The highest BCUT2D eigenvalue weighted by Crippen LogP contribution is 2.34. The van der Waals surface area contributed by atoms with Gasteiger partial charge in [0.05, 0.1) is 17.4 Å². The van der Waals surface area contributed by atoms with E-state index in [1.165, 1.54) is 36.8 Å². The van der Waals surface area contributed by atoms with E-state index in [0.717, 1.165) is 5.52 Å². The number of fused-ring (bicyclic) bond motifs is 1. The lowest BCUT2D eigenvalue weighted by atomic mass is 9.92. The molecule has 0 radical (unpaired) electrons. The Morgan fingerprint density at radius 1 is 1.35 bits per heavy atom. The minimum Gasteiger partial charge on any atom is -0.334 e. The van der Waals surface area contributed by atoms with Crippen LogP contribution in [-0.4, -0.2) is 9.55 Å². The van der Waals surface area contributed by atoms with Gasteiger partial charge in [0.2, 0.25) is 0 Å². The molecule has 1 aromatic heterocycles. The van der Waals surface area contributed by atoms with E-state index in [0.29, 0.717) is 5.92 Å². The molecule has 1 unspecified atom stereocenters. The van der Waals surface area contributed by atoms with Gasteiger partial charge in [0.25, 0.3) is 0 Å². The standard InChI is InChI=1S/C14H19N3/c1-17-9-16-12-8-11(6-7-13(12)17)14(15)10-4-2-3-5-10/h6-10,14H,2-5,15H2,1H3. The van der Waals surface area contributed by atoms with Crippen LogP contribution in [0.15, 0.2) is 24.5 Å². The fourth-order valence-corrected chi connectivity index (χ4v) is 2.95. The van der Waals surface area contributed by atoms with Crippen molar-refractivity contribution in [2.75, 3.05) is 0 Å². The summed E-state index contributed by atoms with van der Waals surface area (Å²) in [4.78, 5) is 4.40. The number of aromatic nitrogens is 2. The average molecular weight is 229 g/mol. The Morgan fingerprint density at radius 2 is 2.12 bits per heavy atom. The average Bonchev–Trinajstić information content (AvgIpc) is 2.98. The SMILES string of the molecule is Cn1cnc2cc(C(N)C3CCCC3)ccc21. The van der Waals surface area contributed by atoms with E-state index in [1.807, 2.05) is 17.9 Å². The molecule has 0 aliphatic heterocycles. The molecule has 1 saturated carbocycles. The number of imidazole rings is 1. The second-order valence-electron chi connectivity index (χ2n) is 5.17. The molecule has 3 rings (SSSR count). The molecule has 0 amide bonds. The normalized spacial score (nSPS) is 18.9. The zero-order valence-corrected chi connectivity index (χ0v) is 10.3. The van der Waals surface area contributed by atoms with Gasteiger partial charge in [-0.15, -0.1) is 0 Å². The van der Waals surface area contributed by atoms with Crippen LogP contribution in [0, 0.1) is 5.92 Å². The van der Waals surface area contributed by atoms with Gasteiger partial charge in [-0.05, 0) is 36.5 Å². The van der Waals surface area contributed by atoms with Crippen LogP contribution in [0.2, 0.25) is 0 Å². The molecule has 1 aliphatic rings. The highest BCUT2D eigenvalue weighted by molar-refractivity contribution is 5.76. The van der Waals surface area contributed by atoms with E-state index in [1.54, 1.807) is 0 Å². The van der Waals surface area contributed by atoms with Crippen LogP contribution in [0.4, 0.5) is 0 Å². The van der Waals surface area contributed by atoms with Gasteiger partial charge in [0, 0.05) is 13.1 Å². The molecule has 0 bridgehead atoms. The maximum Gasteiger partial charge on any atom is 0.0955 e. The zero-order valence-electron chi connectivity index (χ0n) is 10.3. The van der Waals surface area contributed by atoms with E-state index in [-0.39, 0.29) is 6.04 Å². The number of benzene rings is 1. The summed E-state index contributed by atoms with van der Waals surface area (Å²) in [6, 6.07) is 6.63. The van der Waals surface area contributed by atoms with Crippen LogP contribution in [0.3, 0.4) is 0 Å². The van der Waals surface area contributed by atoms with Crippen molar-refractivity contribution in [2.24, 2.45) is 18.7 Å². The second-order valence-corrected chi connectivity index (χ2v) is 5.17. The molecule has 1 fully saturated rings. The summed E-state index contributed by atoms with van der Waals surface area (Å²) in [5.74, 6) is 0.663. The summed E-state index contributed by atoms with van der Waals surface area (Å²) in [6.45, 7) is 0. The van der Waals surface area contributed by atoms with E-state index < -0.39 is 0 Å². The van der Waals surface area contributed by atoms with Crippen molar-refractivity contribution in [3.8, 4) is 0 Å². The predicted molar refractivity (Wildman–Crippen MR) is 69.6 cm³/mol. The van der Waals surface area contributed by atoms with Crippen molar-refractivity contribution in [2.45, 2.75) is 31.7 Å². The smallest absolute Gasteiger partial charge is 0.0955 e. The molecule has 17 heavy (non-hydrogen) atoms. The molecule has 1 atom stereocenters. The Bertz CT molecular complexity index is 523. The minimum absolute atomic E-state index is 0.184. The van der Waals surface area contributed by atoms with Gasteiger partial charge < -0.3 is 10.3 Å². The number of nitrogens with zero attached hydrogens (tertiary/aromatic N) is 2. The number of hydrogen-bond acceptors (Lipinski definition) is 2. The van der Waals surface area contributed by atoms with Gasteiger partial charge in [-0.3, -0.25) is 0 Å². The van der Waals surface area contributed by atoms with Crippen LogP contribution in [-0.2, 0) is 7.05 Å². The maximum atomic E-state index is 6.36. The molecule has 3 nitrogen and oxygen atoms in total. The third-order valence-electron chi connectivity index (χ3n) is 4.04. The Morgan fingerprint density at radius 3 is 2.88 bits per heavy atom. The Balaban J connectivity index is 1.94. The van der Waals surface area contributed by atoms with Crippen LogP contribution < -0.4 is 5.73 Å². The molecule has 2 aromatic rings. The van der Waals surface area contributed by atoms with Crippen molar-refractivity contribution >= 4 is 11.0 Å². The van der Waals surface area contributed by atoms with E-state index in [9.17, 15) is 0 Å². The third kappa shape index (κ3) is 1.84. The first-order chi connectivity index (χ1) is 8.25. The van der Waals surface area contributed by atoms with Gasteiger partial charge in [0.15, 0.2) is 0 Å². The van der Waals surface area contributed by atoms with Crippen molar-refractivity contribution < 1.29 is 0 Å². The molecule has 1 aromatic carbocycles. The van der Waals surface area contributed by atoms with Gasteiger partial charge in [0.1, 0.15) is 0 Å². The molecule has 90 valence electrons. The predicted octanol–water partition coefficient (Wildman–Crippen LogP) is 2.76. The van der Waals surface area contributed by atoms with Crippen molar-refractivity contribution in [3.63, 3.8) is 0 Å². The highest BCUT2D eigenvalue weighted by Gasteiger charge is 2.23. The van der Waals surface area contributed by atoms with E-state index in [4.69, 9.17) is 5.73 Å². The lowest BCUT2D eigenvalue weighted by Gasteiger charge is -2.19. The van der Waals surface area contributed by atoms with Gasteiger partial charge in [-0.1, -0.05) is 18.9 Å². The summed E-state index contributed by atoms with van der Waals surface area (Å²) in [5.41, 5.74) is 9.83. The molecule has 2 N–H and O–H groups in total. The Labute approximate surface area is 102 Å². The second kappa shape index (κ2) is 4.15. The van der Waals surface area contributed by atoms with Gasteiger partial charge in [-0.2, -0.15) is 0 Å². The fraction of sp³-hybridized carbons (Fsp3) is 0.500. The molecular weight excluding hydrogens is 210 g/mol. The fourth-order valence-electron chi connectivity index (χ4n) is 2.95. The topological polar surface area (TPSA) is 43.8 Å². The first kappa shape index (κ1) is 10.8. The summed E-state index contributed by atoms with van der Waals surface area (Å²) in [6.07, 6.45) is 7.09. The van der Waals surface area contributed by atoms with Crippen molar-refractivity contribution in [1.82, 2.24) is 9.55 Å². The van der Waals surface area contributed by atoms with Crippen LogP contribution in [0.5, 0.6) is 0 Å². The summed E-state index contributed by atoms with van der Waals surface area (Å²) in [7, 11) is 2.02. The molecular formula is C14H19N3. The monoisotopic (exact) mass is 229 g/mol. The largest absolute Gasteiger partial charge is 0.334 e. The number of hydrogen-bond donors (Lipinski definition) is 1. The number of nitrogens with two attached hydrogens (primary N) is 1. The summed E-state index contributed by atoms with van der Waals surface area (Å²) in [5, 5.41) is 0. The molecule has 1 aliphatic carbocycles. The molecule has 1 heterocycles. The lowest BCUT2D eigenvalue weighted by Crippen LogP contribution is -2.18. The molecule has 0 saturated heterocycles. The first-order valence-electron chi connectivity index (χ1n) is 6.42. The highest BCUT2D eigenvalue weighted by atomic mass is 15.0. The van der Waals surface area contributed by atoms with Crippen LogP contribution in [0.25, 0.3) is 11.0 Å². The Hall–Kier alpha value is -1.35. The van der Waals surface area contributed by atoms with Crippen LogP contribution in [0.1, 0.15) is 37.3 Å². The van der Waals surface area contributed by atoms with Crippen LogP contribution >= 0.6 is 0 Å². The quantitative estimate of drug-likeness (QED) is 0.860.